The van der Waals surface area contributed by atoms with Crippen molar-refractivity contribution in [1.82, 2.24) is 20.1 Å². The summed E-state index contributed by atoms with van der Waals surface area (Å²) in [5.41, 5.74) is 4.06. The number of ether oxygens (including phenoxy) is 1. The van der Waals surface area contributed by atoms with Gasteiger partial charge in [0.2, 0.25) is 5.88 Å². The van der Waals surface area contributed by atoms with Gasteiger partial charge >= 0.3 is 12.0 Å². The summed E-state index contributed by atoms with van der Waals surface area (Å²) in [5, 5.41) is 3.38. The topological polar surface area (TPSA) is 84.0 Å². The van der Waals surface area contributed by atoms with Gasteiger partial charge in [-0.3, -0.25) is 4.94 Å². The van der Waals surface area contributed by atoms with E-state index in [9.17, 15) is 14.1 Å². The van der Waals surface area contributed by atoms with Crippen LogP contribution in [-0.4, -0.2) is 60.1 Å². The Morgan fingerprint density at radius 1 is 1.40 bits per heavy atom. The van der Waals surface area contributed by atoms with Gasteiger partial charge in [-0.25, -0.2) is 14.6 Å². The highest BCUT2D eigenvalue weighted by Crippen LogP contribution is 2.30. The van der Waals surface area contributed by atoms with Crippen molar-refractivity contribution in [2.24, 2.45) is 0 Å². The Hall–Kier alpha value is -2.88. The van der Waals surface area contributed by atoms with Gasteiger partial charge in [-0.1, -0.05) is 28.6 Å². The molecule has 1 aromatic heterocycles. The molecule has 3 heterocycles. The third-order valence-electron chi connectivity index (χ3n) is 6.34. The fraction of sp³-hybridized carbons (Fsp3) is 0.480. The summed E-state index contributed by atoms with van der Waals surface area (Å²) in [5.74, 6) is -0.634. The number of nitrogens with zero attached hydrogens (tertiary/aromatic N) is 3. The first-order valence-corrected chi connectivity index (χ1v) is 12.5. The molecular weight excluding hydrogens is 519 g/mol. The number of halogens is 2. The van der Waals surface area contributed by atoms with Crippen LogP contribution in [0, 0.1) is 0 Å². The molecule has 1 saturated heterocycles. The molecule has 0 aromatic carbocycles. The highest BCUT2D eigenvalue weighted by atomic mass is 79.9. The minimum atomic E-state index is -1.04. The summed E-state index contributed by atoms with van der Waals surface area (Å²) in [6.45, 7) is 8.77. The number of hydrogen-bond donors (Lipinski definition) is 1. The Labute approximate surface area is 213 Å². The zero-order chi connectivity index (χ0) is 25.4. The van der Waals surface area contributed by atoms with Crippen molar-refractivity contribution in [2.45, 2.75) is 45.1 Å². The Morgan fingerprint density at radius 2 is 2.20 bits per heavy atom. The molecule has 0 spiro atoms. The second-order valence-electron chi connectivity index (χ2n) is 8.65. The average molecular weight is 551 g/mol. The van der Waals surface area contributed by atoms with Crippen LogP contribution in [0.1, 0.15) is 50.6 Å². The quantitative estimate of drug-likeness (QED) is 0.392. The summed E-state index contributed by atoms with van der Waals surface area (Å²) >= 11 is 3.65. The van der Waals surface area contributed by atoms with Gasteiger partial charge in [-0.15, -0.1) is 0 Å². The summed E-state index contributed by atoms with van der Waals surface area (Å²) in [6.07, 6.45) is 6.99. The molecule has 1 fully saturated rings. The molecule has 2 aliphatic rings. The summed E-state index contributed by atoms with van der Waals surface area (Å²) in [4.78, 5) is 35.7. The lowest BCUT2D eigenvalue weighted by molar-refractivity contribution is -0.184. The zero-order valence-electron chi connectivity index (χ0n) is 20.2. The van der Waals surface area contributed by atoms with Crippen molar-refractivity contribution in [3.05, 3.63) is 57.9 Å². The molecular formula is C25H32BrFN4O4. The number of pyridine rings is 1. The van der Waals surface area contributed by atoms with E-state index in [1.807, 2.05) is 0 Å². The van der Waals surface area contributed by atoms with Crippen molar-refractivity contribution in [1.29, 1.82) is 0 Å². The molecule has 0 saturated carbocycles. The van der Waals surface area contributed by atoms with E-state index < -0.39 is 12.0 Å². The van der Waals surface area contributed by atoms with E-state index in [-0.39, 0.29) is 12.5 Å². The van der Waals surface area contributed by atoms with Gasteiger partial charge in [0.1, 0.15) is 0 Å². The second-order valence-corrected chi connectivity index (χ2v) is 9.50. The lowest BCUT2D eigenvalue weighted by Gasteiger charge is -2.27. The maximum atomic E-state index is 13.1. The molecule has 35 heavy (non-hydrogen) atoms. The van der Waals surface area contributed by atoms with E-state index in [1.54, 1.807) is 21.9 Å². The number of carbonyl (C=O) groups excluding carboxylic acids is 2. The van der Waals surface area contributed by atoms with Gasteiger partial charge < -0.3 is 19.9 Å². The number of nitrogens with one attached hydrogen (secondary N) is 1. The Morgan fingerprint density at radius 3 is 2.86 bits per heavy atom. The second kappa shape index (κ2) is 12.7. The first-order valence-electron chi connectivity index (χ1n) is 11.7. The van der Waals surface area contributed by atoms with Gasteiger partial charge in [-0.2, -0.15) is 0 Å². The number of carbonyl (C=O) groups is 2. The number of urea groups is 1. The van der Waals surface area contributed by atoms with E-state index in [4.69, 9.17) is 4.74 Å². The standard InChI is InChI=1S/C25H32BrFN4O4/c1-17(21(26)14-19-7-4-10-28-18(19)2)6-5-11-30-12-13-31(25(30)33)22(15-24(32)35-27)20-8-9-23(34-3)29-16-20/h8-9,14,16,22,28H,1,4-7,10-13,15H2,2-3H3/b21-14+/t22-/m0/s1. The predicted molar refractivity (Wildman–Crippen MR) is 134 cm³/mol. The van der Waals surface area contributed by atoms with Crippen LogP contribution in [0.3, 0.4) is 0 Å². The monoisotopic (exact) mass is 550 g/mol. The van der Waals surface area contributed by atoms with Gasteiger partial charge in [0.15, 0.2) is 0 Å². The van der Waals surface area contributed by atoms with Crippen LogP contribution in [0.4, 0.5) is 9.32 Å². The molecule has 0 radical (unpaired) electrons. The largest absolute Gasteiger partial charge is 0.481 e. The number of hydrogen-bond acceptors (Lipinski definition) is 6. The number of rotatable bonds is 11. The van der Waals surface area contributed by atoms with E-state index in [2.05, 4.69) is 50.8 Å². The lowest BCUT2D eigenvalue weighted by Crippen LogP contribution is -2.36. The van der Waals surface area contributed by atoms with Crippen LogP contribution in [0.5, 0.6) is 5.88 Å². The fourth-order valence-corrected chi connectivity index (χ4v) is 4.77. The molecule has 190 valence electrons. The normalized spacial score (nSPS) is 17.4. The number of allylic oxidation sites excluding steroid dienone is 5. The zero-order valence-corrected chi connectivity index (χ0v) is 21.8. The highest BCUT2D eigenvalue weighted by Gasteiger charge is 2.36. The summed E-state index contributed by atoms with van der Waals surface area (Å²) in [7, 11) is 1.50. The first kappa shape index (κ1) is 26.7. The summed E-state index contributed by atoms with van der Waals surface area (Å²) in [6, 6.07) is 2.47. The third kappa shape index (κ3) is 7.06. The first-order chi connectivity index (χ1) is 16.8. The van der Waals surface area contributed by atoms with Gasteiger partial charge in [0, 0.05) is 53.1 Å². The van der Waals surface area contributed by atoms with Crippen LogP contribution >= 0.6 is 15.9 Å². The van der Waals surface area contributed by atoms with E-state index in [0.717, 1.165) is 42.3 Å². The molecule has 1 N–H and O–H groups in total. The molecule has 0 bridgehead atoms. The van der Waals surface area contributed by atoms with E-state index in [0.29, 0.717) is 31.1 Å². The van der Waals surface area contributed by atoms with Crippen molar-refractivity contribution in [3.8, 4) is 5.88 Å². The molecule has 8 nitrogen and oxygen atoms in total. The minimum Gasteiger partial charge on any atom is -0.481 e. The predicted octanol–water partition coefficient (Wildman–Crippen LogP) is 4.96. The lowest BCUT2D eigenvalue weighted by atomic mass is 10.0. The smallest absolute Gasteiger partial charge is 0.351 e. The van der Waals surface area contributed by atoms with Crippen LogP contribution < -0.4 is 10.1 Å². The van der Waals surface area contributed by atoms with Crippen LogP contribution in [0.25, 0.3) is 0 Å². The Balaban J connectivity index is 1.59. The molecule has 10 heteroatoms. The molecule has 0 unspecified atom stereocenters. The molecule has 1 aromatic rings. The van der Waals surface area contributed by atoms with Crippen LogP contribution in [0.15, 0.2) is 52.3 Å². The fourth-order valence-electron chi connectivity index (χ4n) is 4.30. The van der Waals surface area contributed by atoms with Gasteiger partial charge in [0.05, 0.1) is 19.6 Å². The number of aromatic nitrogens is 1. The molecule has 2 aliphatic heterocycles. The maximum absolute atomic E-state index is 13.1. The maximum Gasteiger partial charge on any atom is 0.351 e. The third-order valence-corrected chi connectivity index (χ3v) is 7.13. The molecule has 2 amide bonds. The SMILES string of the molecule is C=C(CCCN1CCN([C@@H](CC(=O)OF)c2ccc(OC)nc2)C1=O)/C(Br)=C\C1=C(C)NCCC1. The summed E-state index contributed by atoms with van der Waals surface area (Å²) < 4.78 is 18.5. The van der Waals surface area contributed by atoms with Crippen molar-refractivity contribution < 1.29 is 23.8 Å². The number of methoxy groups -OCH3 is 1. The van der Waals surface area contributed by atoms with Gasteiger partial charge in [0.25, 0.3) is 0 Å². The van der Waals surface area contributed by atoms with Crippen LogP contribution in [-0.2, 0) is 9.74 Å². The van der Waals surface area contributed by atoms with Crippen LogP contribution in [0.2, 0.25) is 0 Å². The Kier molecular flexibility index (Phi) is 9.71. The highest BCUT2D eigenvalue weighted by molar-refractivity contribution is 9.12. The van der Waals surface area contributed by atoms with E-state index >= 15 is 0 Å². The molecule has 1 atom stereocenters. The number of amides is 2. The molecule has 0 aliphatic carbocycles. The average Bonchev–Trinajstić information content (AvgIpc) is 3.23. The Bertz CT molecular complexity index is 996. The van der Waals surface area contributed by atoms with Crippen molar-refractivity contribution in [3.63, 3.8) is 0 Å². The van der Waals surface area contributed by atoms with Gasteiger partial charge in [-0.05, 0) is 55.4 Å². The minimum absolute atomic E-state index is 0.202. The van der Waals surface area contributed by atoms with E-state index in [1.165, 1.54) is 24.6 Å². The molecule has 3 rings (SSSR count). The van der Waals surface area contributed by atoms with Crippen molar-refractivity contribution >= 4 is 27.9 Å². The van der Waals surface area contributed by atoms with Crippen molar-refractivity contribution in [2.75, 3.05) is 33.3 Å².